The van der Waals surface area contributed by atoms with E-state index in [1.165, 1.54) is 7.11 Å². The number of esters is 1. The van der Waals surface area contributed by atoms with E-state index in [9.17, 15) is 9.90 Å². The fourth-order valence-corrected chi connectivity index (χ4v) is 0.903. The summed E-state index contributed by atoms with van der Waals surface area (Å²) in [5.74, 6) is -0.699. The monoisotopic (exact) mass is 160 g/mol. The van der Waals surface area contributed by atoms with Crippen molar-refractivity contribution in [1.82, 2.24) is 0 Å². The second kappa shape index (κ2) is 4.34. The minimum Gasteiger partial charge on any atom is -0.469 e. The molecule has 0 rings (SSSR count). The Hall–Kier alpha value is -0.570. The molecule has 2 atom stereocenters. The first kappa shape index (κ1) is 10.4. The van der Waals surface area contributed by atoms with Crippen molar-refractivity contribution >= 4 is 5.97 Å². The minimum absolute atomic E-state index is 0.0871. The molecule has 11 heavy (non-hydrogen) atoms. The lowest BCUT2D eigenvalue weighted by molar-refractivity contribution is -0.149. The summed E-state index contributed by atoms with van der Waals surface area (Å²) in [6.07, 6.45) is -0.609. The van der Waals surface area contributed by atoms with Gasteiger partial charge < -0.3 is 9.84 Å². The number of ether oxygens (including phenoxy) is 1. The van der Waals surface area contributed by atoms with E-state index in [0.717, 1.165) is 0 Å². The van der Waals surface area contributed by atoms with E-state index < -0.39 is 12.0 Å². The van der Waals surface area contributed by atoms with Crippen molar-refractivity contribution < 1.29 is 14.6 Å². The molecule has 0 fully saturated rings. The van der Waals surface area contributed by atoms with Gasteiger partial charge in [-0.05, 0) is 12.8 Å². The Bertz CT molecular complexity index is 131. The zero-order valence-corrected chi connectivity index (χ0v) is 7.50. The standard InChI is InChI=1S/C8H16O3/c1-5(2)7(9)6(3)8(10)11-4/h5-7,9H,1-4H3/t6-,7+/m0/s1. The van der Waals surface area contributed by atoms with Crippen LogP contribution in [-0.4, -0.2) is 24.3 Å². The molecule has 0 aromatic heterocycles. The van der Waals surface area contributed by atoms with Crippen LogP contribution < -0.4 is 0 Å². The molecule has 0 radical (unpaired) electrons. The van der Waals surface area contributed by atoms with Crippen LogP contribution in [0.2, 0.25) is 0 Å². The lowest BCUT2D eigenvalue weighted by Gasteiger charge is -2.19. The molecule has 0 amide bonds. The Kier molecular flexibility index (Phi) is 4.11. The first-order valence-electron chi connectivity index (χ1n) is 3.76. The highest BCUT2D eigenvalue weighted by molar-refractivity contribution is 5.72. The maximum Gasteiger partial charge on any atom is 0.311 e. The molecule has 0 unspecified atom stereocenters. The third-order valence-corrected chi connectivity index (χ3v) is 1.77. The molecule has 3 nitrogen and oxygen atoms in total. The van der Waals surface area contributed by atoms with Gasteiger partial charge in [0, 0.05) is 0 Å². The first-order valence-corrected chi connectivity index (χ1v) is 3.76. The van der Waals surface area contributed by atoms with Crippen LogP contribution in [0.4, 0.5) is 0 Å². The number of aliphatic hydroxyl groups is 1. The van der Waals surface area contributed by atoms with E-state index in [-0.39, 0.29) is 11.9 Å². The molecule has 0 aromatic rings. The number of rotatable bonds is 3. The summed E-state index contributed by atoms with van der Waals surface area (Å²) in [5.41, 5.74) is 0. The zero-order chi connectivity index (χ0) is 9.02. The van der Waals surface area contributed by atoms with Crippen molar-refractivity contribution in [3.63, 3.8) is 0 Å². The summed E-state index contributed by atoms with van der Waals surface area (Å²) in [6.45, 7) is 5.39. The van der Waals surface area contributed by atoms with Crippen molar-refractivity contribution in [3.8, 4) is 0 Å². The molecular weight excluding hydrogens is 144 g/mol. The third kappa shape index (κ3) is 2.89. The Balaban J connectivity index is 4.01. The highest BCUT2D eigenvalue weighted by atomic mass is 16.5. The Labute approximate surface area is 67.4 Å². The molecule has 1 N–H and O–H groups in total. The molecule has 0 heterocycles. The maximum absolute atomic E-state index is 10.9. The van der Waals surface area contributed by atoms with Crippen molar-refractivity contribution in [2.24, 2.45) is 11.8 Å². The van der Waals surface area contributed by atoms with Gasteiger partial charge in [0.1, 0.15) is 0 Å². The van der Waals surface area contributed by atoms with Crippen molar-refractivity contribution in [3.05, 3.63) is 0 Å². The summed E-state index contributed by atoms with van der Waals surface area (Å²) in [5, 5.41) is 9.40. The van der Waals surface area contributed by atoms with Crippen LogP contribution >= 0.6 is 0 Å². The maximum atomic E-state index is 10.9. The quantitative estimate of drug-likeness (QED) is 0.621. The number of carbonyl (C=O) groups is 1. The summed E-state index contributed by atoms with van der Waals surface area (Å²) in [4.78, 5) is 10.9. The van der Waals surface area contributed by atoms with E-state index in [1.54, 1.807) is 6.92 Å². The Morgan fingerprint density at radius 3 is 2.09 bits per heavy atom. The Morgan fingerprint density at radius 2 is 1.82 bits per heavy atom. The van der Waals surface area contributed by atoms with Gasteiger partial charge in [0.15, 0.2) is 0 Å². The second-order valence-corrected chi connectivity index (χ2v) is 3.05. The van der Waals surface area contributed by atoms with E-state index in [2.05, 4.69) is 4.74 Å². The van der Waals surface area contributed by atoms with Crippen LogP contribution in [0.3, 0.4) is 0 Å². The molecule has 0 aliphatic rings. The van der Waals surface area contributed by atoms with Crippen LogP contribution in [0.25, 0.3) is 0 Å². The second-order valence-electron chi connectivity index (χ2n) is 3.05. The number of carbonyl (C=O) groups excluding carboxylic acids is 1. The molecule has 0 bridgehead atoms. The third-order valence-electron chi connectivity index (χ3n) is 1.77. The molecular formula is C8H16O3. The van der Waals surface area contributed by atoms with Crippen molar-refractivity contribution in [1.29, 1.82) is 0 Å². The summed E-state index contributed by atoms with van der Waals surface area (Å²) in [7, 11) is 1.33. The van der Waals surface area contributed by atoms with Crippen molar-refractivity contribution in [2.45, 2.75) is 26.9 Å². The minimum atomic E-state index is -0.609. The van der Waals surface area contributed by atoms with Gasteiger partial charge in [-0.25, -0.2) is 0 Å². The summed E-state index contributed by atoms with van der Waals surface area (Å²) >= 11 is 0. The smallest absolute Gasteiger partial charge is 0.311 e. The number of hydrogen-bond donors (Lipinski definition) is 1. The number of methoxy groups -OCH3 is 1. The molecule has 0 saturated carbocycles. The van der Waals surface area contributed by atoms with Gasteiger partial charge >= 0.3 is 5.97 Å². The molecule has 0 aliphatic carbocycles. The topological polar surface area (TPSA) is 46.5 Å². The van der Waals surface area contributed by atoms with Crippen LogP contribution in [0, 0.1) is 11.8 Å². The predicted molar refractivity (Wildman–Crippen MR) is 42.0 cm³/mol. The van der Waals surface area contributed by atoms with E-state index in [0.29, 0.717) is 0 Å². The first-order chi connectivity index (χ1) is 5.00. The lowest BCUT2D eigenvalue weighted by atomic mass is 9.95. The molecule has 0 saturated heterocycles. The molecule has 0 aliphatic heterocycles. The van der Waals surface area contributed by atoms with Gasteiger partial charge in [0.25, 0.3) is 0 Å². The predicted octanol–water partition coefficient (Wildman–Crippen LogP) is 0.812. The molecule has 0 spiro atoms. The van der Waals surface area contributed by atoms with E-state index >= 15 is 0 Å². The van der Waals surface area contributed by atoms with E-state index in [4.69, 9.17) is 0 Å². The van der Waals surface area contributed by atoms with Gasteiger partial charge in [-0.15, -0.1) is 0 Å². The highest BCUT2D eigenvalue weighted by Gasteiger charge is 2.24. The van der Waals surface area contributed by atoms with Gasteiger partial charge in [0.05, 0.1) is 19.1 Å². The van der Waals surface area contributed by atoms with Crippen LogP contribution in [0.15, 0.2) is 0 Å². The average molecular weight is 160 g/mol. The molecule has 66 valence electrons. The van der Waals surface area contributed by atoms with Gasteiger partial charge in [-0.3, -0.25) is 4.79 Å². The van der Waals surface area contributed by atoms with E-state index in [1.807, 2.05) is 13.8 Å². The fraction of sp³-hybridized carbons (Fsp3) is 0.875. The zero-order valence-electron chi connectivity index (χ0n) is 7.50. The normalized spacial score (nSPS) is 16.2. The SMILES string of the molecule is COC(=O)[C@@H](C)[C@H](O)C(C)C. The Morgan fingerprint density at radius 1 is 1.36 bits per heavy atom. The van der Waals surface area contributed by atoms with Gasteiger partial charge in [-0.2, -0.15) is 0 Å². The van der Waals surface area contributed by atoms with Gasteiger partial charge in [-0.1, -0.05) is 13.8 Å². The largest absolute Gasteiger partial charge is 0.469 e. The van der Waals surface area contributed by atoms with Crippen molar-refractivity contribution in [2.75, 3.05) is 7.11 Å². The van der Waals surface area contributed by atoms with Crippen LogP contribution in [0.5, 0.6) is 0 Å². The van der Waals surface area contributed by atoms with Crippen LogP contribution in [0.1, 0.15) is 20.8 Å². The average Bonchev–Trinajstić information content (AvgIpc) is 2.00. The highest BCUT2D eigenvalue weighted by Crippen LogP contribution is 2.13. The summed E-state index contributed by atoms with van der Waals surface area (Å²) < 4.78 is 4.48. The number of aliphatic hydroxyl groups excluding tert-OH is 1. The fourth-order valence-electron chi connectivity index (χ4n) is 0.903. The molecule has 0 aromatic carbocycles. The van der Waals surface area contributed by atoms with Gasteiger partial charge in [0.2, 0.25) is 0 Å². The lowest BCUT2D eigenvalue weighted by Crippen LogP contribution is -2.30. The molecule has 3 heteroatoms. The summed E-state index contributed by atoms with van der Waals surface area (Å²) in [6, 6.07) is 0. The van der Waals surface area contributed by atoms with Crippen LogP contribution in [-0.2, 0) is 9.53 Å². The number of hydrogen-bond acceptors (Lipinski definition) is 3.